The summed E-state index contributed by atoms with van der Waals surface area (Å²) < 4.78 is 5.95. The van der Waals surface area contributed by atoms with Gasteiger partial charge in [-0.25, -0.2) is 4.98 Å². The van der Waals surface area contributed by atoms with Crippen LogP contribution >= 0.6 is 23.2 Å². The number of nitrogens with zero attached hydrogens (tertiary/aromatic N) is 1. The average Bonchev–Trinajstić information content (AvgIpc) is 3.06. The Bertz CT molecular complexity index is 1220. The lowest BCUT2D eigenvalue weighted by molar-refractivity contribution is 0.102. The Morgan fingerprint density at radius 1 is 0.931 bits per heavy atom. The van der Waals surface area contributed by atoms with Crippen molar-refractivity contribution in [2.45, 2.75) is 20.8 Å². The maximum absolute atomic E-state index is 12.7. The van der Waals surface area contributed by atoms with Gasteiger partial charge in [0.25, 0.3) is 5.91 Å². The fraction of sp³-hybridized carbons (Fsp3) is 0.130. The summed E-state index contributed by atoms with van der Waals surface area (Å²) in [6.45, 7) is 6.00. The molecule has 0 unspecified atom stereocenters. The number of hydrogen-bond acceptors (Lipinski definition) is 3. The molecule has 0 saturated heterocycles. The van der Waals surface area contributed by atoms with Crippen molar-refractivity contribution in [1.82, 2.24) is 4.98 Å². The second-order valence-electron chi connectivity index (χ2n) is 7.03. The van der Waals surface area contributed by atoms with Gasteiger partial charge in [-0.2, -0.15) is 0 Å². The Balaban J connectivity index is 1.68. The second-order valence-corrected chi connectivity index (χ2v) is 7.87. The largest absolute Gasteiger partial charge is 0.436 e. The maximum Gasteiger partial charge on any atom is 0.257 e. The Hall–Kier alpha value is -2.82. The first kappa shape index (κ1) is 19.5. The van der Waals surface area contributed by atoms with Crippen LogP contribution in [0.2, 0.25) is 10.0 Å². The van der Waals surface area contributed by atoms with Gasteiger partial charge in [-0.15, -0.1) is 0 Å². The summed E-state index contributed by atoms with van der Waals surface area (Å²) in [5.74, 6) is 0.195. The predicted molar refractivity (Wildman–Crippen MR) is 118 cm³/mol. The molecule has 0 aliphatic carbocycles. The molecule has 29 heavy (non-hydrogen) atoms. The summed E-state index contributed by atoms with van der Waals surface area (Å²) in [6.07, 6.45) is 0. The fourth-order valence-corrected chi connectivity index (χ4v) is 3.55. The zero-order valence-electron chi connectivity index (χ0n) is 16.1. The summed E-state index contributed by atoms with van der Waals surface area (Å²) >= 11 is 12.1. The van der Waals surface area contributed by atoms with Gasteiger partial charge in [-0.1, -0.05) is 29.3 Å². The van der Waals surface area contributed by atoms with Crippen LogP contribution in [0.3, 0.4) is 0 Å². The molecule has 1 heterocycles. The van der Waals surface area contributed by atoms with E-state index < -0.39 is 0 Å². The molecule has 0 fully saturated rings. The van der Waals surface area contributed by atoms with Crippen LogP contribution in [0.5, 0.6) is 0 Å². The van der Waals surface area contributed by atoms with Crippen molar-refractivity contribution >= 4 is 45.9 Å². The lowest BCUT2D eigenvalue weighted by Crippen LogP contribution is -2.13. The maximum atomic E-state index is 12.7. The average molecular weight is 425 g/mol. The number of oxazole rings is 1. The van der Waals surface area contributed by atoms with E-state index in [1.54, 1.807) is 18.2 Å². The first-order valence-corrected chi connectivity index (χ1v) is 9.82. The zero-order valence-corrected chi connectivity index (χ0v) is 17.7. The van der Waals surface area contributed by atoms with Crippen molar-refractivity contribution in [3.05, 3.63) is 80.8 Å². The molecule has 0 saturated carbocycles. The van der Waals surface area contributed by atoms with Crippen LogP contribution in [-0.2, 0) is 0 Å². The molecule has 0 atom stereocenters. The van der Waals surface area contributed by atoms with E-state index in [1.807, 2.05) is 51.1 Å². The van der Waals surface area contributed by atoms with E-state index in [-0.39, 0.29) is 5.91 Å². The number of amides is 1. The first-order chi connectivity index (χ1) is 13.8. The lowest BCUT2D eigenvalue weighted by atomic mass is 10.1. The molecule has 1 aromatic heterocycles. The molecule has 1 N–H and O–H groups in total. The van der Waals surface area contributed by atoms with Gasteiger partial charge < -0.3 is 9.73 Å². The van der Waals surface area contributed by atoms with Gasteiger partial charge in [0, 0.05) is 16.3 Å². The van der Waals surface area contributed by atoms with E-state index in [2.05, 4.69) is 10.3 Å². The Labute approximate surface area is 178 Å². The standard InChI is InChI=1S/C23H18Cl2N2O2/c1-12-4-5-15(23-27-20-8-13(2)14(3)9-21(20)29-23)10-19(12)26-22(28)17-7-6-16(24)11-18(17)25/h4-11H,1-3H3,(H,26,28). The molecule has 0 radical (unpaired) electrons. The van der Waals surface area contributed by atoms with E-state index in [4.69, 9.17) is 27.6 Å². The topological polar surface area (TPSA) is 55.1 Å². The minimum atomic E-state index is -0.310. The van der Waals surface area contributed by atoms with Crippen LogP contribution in [0.4, 0.5) is 5.69 Å². The number of aryl methyl sites for hydroxylation is 3. The van der Waals surface area contributed by atoms with E-state index >= 15 is 0 Å². The van der Waals surface area contributed by atoms with Gasteiger partial charge in [0.15, 0.2) is 5.58 Å². The van der Waals surface area contributed by atoms with Gasteiger partial charge in [0.1, 0.15) is 5.52 Å². The molecule has 146 valence electrons. The number of anilines is 1. The minimum absolute atomic E-state index is 0.300. The van der Waals surface area contributed by atoms with Gasteiger partial charge in [0.05, 0.1) is 10.6 Å². The summed E-state index contributed by atoms with van der Waals surface area (Å²) in [5.41, 5.74) is 6.56. The lowest BCUT2D eigenvalue weighted by Gasteiger charge is -2.11. The van der Waals surface area contributed by atoms with E-state index in [1.165, 1.54) is 0 Å². The second kappa shape index (κ2) is 7.54. The minimum Gasteiger partial charge on any atom is -0.436 e. The molecule has 4 rings (SSSR count). The first-order valence-electron chi connectivity index (χ1n) is 9.07. The SMILES string of the molecule is Cc1cc2nc(-c3ccc(C)c(NC(=O)c4ccc(Cl)cc4Cl)c3)oc2cc1C. The third-order valence-electron chi connectivity index (χ3n) is 4.91. The van der Waals surface area contributed by atoms with Crippen molar-refractivity contribution in [2.24, 2.45) is 0 Å². The molecule has 6 heteroatoms. The molecule has 4 nitrogen and oxygen atoms in total. The van der Waals surface area contributed by atoms with Gasteiger partial charge in [-0.3, -0.25) is 4.79 Å². The Morgan fingerprint density at radius 3 is 2.45 bits per heavy atom. The number of rotatable bonds is 3. The highest BCUT2D eigenvalue weighted by Crippen LogP contribution is 2.30. The molecule has 0 bridgehead atoms. The van der Waals surface area contributed by atoms with Crippen LogP contribution in [0.15, 0.2) is 52.9 Å². The van der Waals surface area contributed by atoms with Crippen molar-refractivity contribution in [3.8, 4) is 11.5 Å². The van der Waals surface area contributed by atoms with Crippen molar-refractivity contribution < 1.29 is 9.21 Å². The number of hydrogen-bond donors (Lipinski definition) is 1. The monoisotopic (exact) mass is 424 g/mol. The molecule has 0 aliphatic rings. The summed E-state index contributed by atoms with van der Waals surface area (Å²) in [6, 6.07) is 14.5. The smallest absolute Gasteiger partial charge is 0.257 e. The van der Waals surface area contributed by atoms with Gasteiger partial charge in [-0.05, 0) is 79.9 Å². The van der Waals surface area contributed by atoms with Crippen molar-refractivity contribution in [1.29, 1.82) is 0 Å². The van der Waals surface area contributed by atoms with E-state index in [9.17, 15) is 4.79 Å². The molecule has 1 amide bonds. The number of carbonyl (C=O) groups excluding carboxylic acids is 1. The number of aromatic nitrogens is 1. The Kier molecular flexibility index (Phi) is 5.07. The normalized spacial score (nSPS) is 11.1. The fourth-order valence-electron chi connectivity index (χ4n) is 3.06. The molecular weight excluding hydrogens is 407 g/mol. The number of benzene rings is 3. The third-order valence-corrected chi connectivity index (χ3v) is 5.46. The number of fused-ring (bicyclic) bond motifs is 1. The number of carbonyl (C=O) groups is 1. The van der Waals surface area contributed by atoms with E-state index in [0.29, 0.717) is 27.2 Å². The highest BCUT2D eigenvalue weighted by Gasteiger charge is 2.15. The number of halogens is 2. The van der Waals surface area contributed by atoms with Gasteiger partial charge in [0.2, 0.25) is 5.89 Å². The molecule has 0 aliphatic heterocycles. The van der Waals surface area contributed by atoms with E-state index in [0.717, 1.165) is 33.4 Å². The van der Waals surface area contributed by atoms with Crippen LogP contribution < -0.4 is 5.32 Å². The summed E-state index contributed by atoms with van der Waals surface area (Å²) in [4.78, 5) is 17.3. The third kappa shape index (κ3) is 3.86. The van der Waals surface area contributed by atoms with Crippen molar-refractivity contribution in [3.63, 3.8) is 0 Å². The Morgan fingerprint density at radius 2 is 1.69 bits per heavy atom. The highest BCUT2D eigenvalue weighted by atomic mass is 35.5. The number of nitrogens with one attached hydrogen (secondary N) is 1. The van der Waals surface area contributed by atoms with Crippen molar-refractivity contribution in [2.75, 3.05) is 5.32 Å². The van der Waals surface area contributed by atoms with Crippen LogP contribution in [-0.4, -0.2) is 10.9 Å². The molecule has 4 aromatic rings. The molecule has 0 spiro atoms. The van der Waals surface area contributed by atoms with Crippen LogP contribution in [0.25, 0.3) is 22.6 Å². The molecule has 3 aromatic carbocycles. The summed E-state index contributed by atoms with van der Waals surface area (Å²) in [5, 5.41) is 3.69. The summed E-state index contributed by atoms with van der Waals surface area (Å²) in [7, 11) is 0. The van der Waals surface area contributed by atoms with Crippen LogP contribution in [0, 0.1) is 20.8 Å². The predicted octanol–water partition coefficient (Wildman–Crippen LogP) is 6.98. The zero-order chi connectivity index (χ0) is 20.7. The highest BCUT2D eigenvalue weighted by molar-refractivity contribution is 6.37. The van der Waals surface area contributed by atoms with Gasteiger partial charge >= 0.3 is 0 Å². The van der Waals surface area contributed by atoms with Crippen LogP contribution in [0.1, 0.15) is 27.0 Å². The molecular formula is C23H18Cl2N2O2. The quantitative estimate of drug-likeness (QED) is 0.385.